The van der Waals surface area contributed by atoms with E-state index in [1.807, 2.05) is 30.3 Å². The third kappa shape index (κ3) is 5.45. The minimum atomic E-state index is -4.72. The van der Waals surface area contributed by atoms with Crippen LogP contribution >= 0.6 is 0 Å². The van der Waals surface area contributed by atoms with Crippen LogP contribution in [-0.2, 0) is 13.2 Å². The van der Waals surface area contributed by atoms with Crippen LogP contribution in [0, 0.1) is 0 Å². The van der Waals surface area contributed by atoms with E-state index in [-0.39, 0.29) is 12.4 Å². The van der Waals surface area contributed by atoms with Gasteiger partial charge in [0.1, 0.15) is 18.1 Å². The molecule has 2 aromatic carbocycles. The predicted octanol–water partition coefficient (Wildman–Crippen LogP) is 4.42. The fourth-order valence-corrected chi connectivity index (χ4v) is 2.30. The molecule has 1 aliphatic rings. The topological polar surface area (TPSA) is 30.5 Å². The highest BCUT2D eigenvalue weighted by Crippen LogP contribution is 2.29. The summed E-state index contributed by atoms with van der Waals surface area (Å²) >= 11 is 0. The second kappa shape index (κ2) is 7.13. The van der Waals surface area contributed by atoms with Crippen LogP contribution in [0.25, 0.3) is 0 Å². The van der Waals surface area contributed by atoms with Crippen LogP contribution in [0.3, 0.4) is 0 Å². The van der Waals surface area contributed by atoms with Crippen molar-refractivity contribution in [2.24, 2.45) is 0 Å². The molecule has 0 bridgehead atoms. The SMILES string of the molecule is FC(F)(F)Oc1cc(CNC2CC2)cc(OCc2ccccc2)c1. The molecule has 3 nitrogen and oxygen atoms in total. The highest BCUT2D eigenvalue weighted by atomic mass is 19.4. The summed E-state index contributed by atoms with van der Waals surface area (Å²) in [6, 6.07) is 14.3. The molecule has 1 aliphatic carbocycles. The summed E-state index contributed by atoms with van der Waals surface area (Å²) in [7, 11) is 0. The van der Waals surface area contributed by atoms with Gasteiger partial charge in [0.05, 0.1) is 0 Å². The Hall–Kier alpha value is -2.21. The lowest BCUT2D eigenvalue weighted by Gasteiger charge is -2.14. The van der Waals surface area contributed by atoms with E-state index in [1.165, 1.54) is 12.1 Å². The van der Waals surface area contributed by atoms with Gasteiger partial charge in [-0.3, -0.25) is 0 Å². The highest BCUT2D eigenvalue weighted by molar-refractivity contribution is 5.39. The van der Waals surface area contributed by atoms with Crippen molar-refractivity contribution in [1.82, 2.24) is 5.32 Å². The molecule has 1 saturated carbocycles. The molecule has 0 aliphatic heterocycles. The van der Waals surface area contributed by atoms with Crippen LogP contribution < -0.4 is 14.8 Å². The Morgan fingerprint density at radius 2 is 1.67 bits per heavy atom. The Labute approximate surface area is 138 Å². The van der Waals surface area contributed by atoms with Crippen LogP contribution in [0.5, 0.6) is 11.5 Å². The molecule has 0 heterocycles. The van der Waals surface area contributed by atoms with Crippen LogP contribution in [0.1, 0.15) is 24.0 Å². The monoisotopic (exact) mass is 337 g/mol. The summed E-state index contributed by atoms with van der Waals surface area (Å²) in [5.74, 6) is 0.0915. The van der Waals surface area contributed by atoms with E-state index in [0.717, 1.165) is 18.4 Å². The van der Waals surface area contributed by atoms with E-state index in [9.17, 15) is 13.2 Å². The molecule has 0 aromatic heterocycles. The van der Waals surface area contributed by atoms with Crippen LogP contribution in [0.4, 0.5) is 13.2 Å². The standard InChI is InChI=1S/C18H18F3NO2/c19-18(20,21)24-17-9-14(11-22-15-6-7-15)8-16(10-17)23-12-13-4-2-1-3-5-13/h1-5,8-10,15,22H,6-7,11-12H2. The second-order valence-electron chi connectivity index (χ2n) is 5.79. The van der Waals surface area contributed by atoms with Crippen LogP contribution in [0.15, 0.2) is 48.5 Å². The van der Waals surface area contributed by atoms with E-state index in [0.29, 0.717) is 23.9 Å². The fraction of sp³-hybridized carbons (Fsp3) is 0.333. The molecule has 1 fully saturated rings. The van der Waals surface area contributed by atoms with E-state index in [2.05, 4.69) is 10.1 Å². The smallest absolute Gasteiger partial charge is 0.489 e. The third-order valence-electron chi connectivity index (χ3n) is 3.59. The summed E-state index contributed by atoms with van der Waals surface area (Å²) in [6.07, 6.45) is -2.51. The molecule has 0 spiro atoms. The van der Waals surface area contributed by atoms with Crippen molar-refractivity contribution in [3.8, 4) is 11.5 Å². The first-order valence-corrected chi connectivity index (χ1v) is 7.78. The zero-order chi connectivity index (χ0) is 17.0. The lowest BCUT2D eigenvalue weighted by Crippen LogP contribution is -2.18. The van der Waals surface area contributed by atoms with Gasteiger partial charge in [-0.1, -0.05) is 30.3 Å². The van der Waals surface area contributed by atoms with Gasteiger partial charge in [0.25, 0.3) is 0 Å². The lowest BCUT2D eigenvalue weighted by atomic mass is 10.2. The molecule has 24 heavy (non-hydrogen) atoms. The molecular weight excluding hydrogens is 319 g/mol. The summed E-state index contributed by atoms with van der Waals surface area (Å²) < 4.78 is 47.2. The second-order valence-corrected chi connectivity index (χ2v) is 5.79. The Kier molecular flexibility index (Phi) is 4.94. The van der Waals surface area contributed by atoms with Crippen molar-refractivity contribution in [2.45, 2.75) is 38.4 Å². The molecular formula is C18H18F3NO2. The Balaban J connectivity index is 1.72. The first kappa shape index (κ1) is 16.6. The fourth-order valence-electron chi connectivity index (χ4n) is 2.30. The number of rotatable bonds is 7. The van der Waals surface area contributed by atoms with Crippen molar-refractivity contribution in [1.29, 1.82) is 0 Å². The van der Waals surface area contributed by atoms with Crippen molar-refractivity contribution in [2.75, 3.05) is 0 Å². The van der Waals surface area contributed by atoms with Gasteiger partial charge in [0, 0.05) is 18.7 Å². The molecule has 0 amide bonds. The predicted molar refractivity (Wildman–Crippen MR) is 83.8 cm³/mol. The molecule has 3 rings (SSSR count). The quantitative estimate of drug-likeness (QED) is 0.811. The summed E-state index contributed by atoms with van der Waals surface area (Å²) in [5, 5.41) is 3.27. The number of benzene rings is 2. The summed E-state index contributed by atoms with van der Waals surface area (Å²) in [5.41, 5.74) is 1.64. The average Bonchev–Trinajstić information content (AvgIpc) is 3.34. The molecule has 128 valence electrons. The minimum Gasteiger partial charge on any atom is -0.489 e. The molecule has 0 atom stereocenters. The molecule has 1 N–H and O–H groups in total. The molecule has 0 unspecified atom stereocenters. The van der Waals surface area contributed by atoms with E-state index < -0.39 is 6.36 Å². The zero-order valence-corrected chi connectivity index (χ0v) is 13.0. The molecule has 6 heteroatoms. The number of ether oxygens (including phenoxy) is 2. The molecule has 2 aromatic rings. The average molecular weight is 337 g/mol. The Morgan fingerprint density at radius 1 is 0.958 bits per heavy atom. The van der Waals surface area contributed by atoms with Crippen molar-refractivity contribution < 1.29 is 22.6 Å². The number of hydrogen-bond acceptors (Lipinski definition) is 3. The maximum atomic E-state index is 12.5. The van der Waals surface area contributed by atoms with Gasteiger partial charge in [0.15, 0.2) is 0 Å². The van der Waals surface area contributed by atoms with Crippen molar-refractivity contribution in [3.63, 3.8) is 0 Å². The number of halogens is 3. The van der Waals surface area contributed by atoms with E-state index >= 15 is 0 Å². The summed E-state index contributed by atoms with van der Waals surface area (Å²) in [6.45, 7) is 0.771. The lowest BCUT2D eigenvalue weighted by molar-refractivity contribution is -0.274. The van der Waals surface area contributed by atoms with Gasteiger partial charge in [-0.25, -0.2) is 0 Å². The Bertz CT molecular complexity index is 670. The van der Waals surface area contributed by atoms with Crippen molar-refractivity contribution in [3.05, 3.63) is 59.7 Å². The first-order chi connectivity index (χ1) is 11.5. The van der Waals surface area contributed by atoms with Crippen molar-refractivity contribution >= 4 is 0 Å². The van der Waals surface area contributed by atoms with Gasteiger partial charge in [-0.15, -0.1) is 13.2 Å². The summed E-state index contributed by atoms with van der Waals surface area (Å²) in [4.78, 5) is 0. The maximum absolute atomic E-state index is 12.5. The first-order valence-electron chi connectivity index (χ1n) is 7.78. The maximum Gasteiger partial charge on any atom is 0.573 e. The normalized spacial score (nSPS) is 14.5. The highest BCUT2D eigenvalue weighted by Gasteiger charge is 2.31. The van der Waals surface area contributed by atoms with Gasteiger partial charge >= 0.3 is 6.36 Å². The van der Waals surface area contributed by atoms with Gasteiger partial charge in [0.2, 0.25) is 0 Å². The minimum absolute atomic E-state index is 0.263. The Morgan fingerprint density at radius 3 is 2.33 bits per heavy atom. The van der Waals surface area contributed by atoms with Gasteiger partial charge < -0.3 is 14.8 Å². The van der Waals surface area contributed by atoms with Gasteiger partial charge in [-0.2, -0.15) is 0 Å². The number of alkyl halides is 3. The molecule has 0 saturated heterocycles. The third-order valence-corrected chi connectivity index (χ3v) is 3.59. The van der Waals surface area contributed by atoms with E-state index in [4.69, 9.17) is 4.74 Å². The number of nitrogens with one attached hydrogen (secondary N) is 1. The van der Waals surface area contributed by atoms with Crippen LogP contribution in [-0.4, -0.2) is 12.4 Å². The number of hydrogen-bond donors (Lipinski definition) is 1. The van der Waals surface area contributed by atoms with E-state index in [1.54, 1.807) is 6.07 Å². The van der Waals surface area contributed by atoms with Gasteiger partial charge in [-0.05, 0) is 36.1 Å². The zero-order valence-electron chi connectivity index (χ0n) is 13.0. The van der Waals surface area contributed by atoms with Crippen LogP contribution in [0.2, 0.25) is 0 Å². The molecule has 0 radical (unpaired) electrons. The largest absolute Gasteiger partial charge is 0.573 e.